The van der Waals surface area contributed by atoms with Crippen molar-refractivity contribution in [3.8, 4) is 0 Å². The summed E-state index contributed by atoms with van der Waals surface area (Å²) >= 11 is 3.32. The molecule has 21 heavy (non-hydrogen) atoms. The number of benzene rings is 2. The topological polar surface area (TPSA) is 41.5 Å². The summed E-state index contributed by atoms with van der Waals surface area (Å²) in [6.45, 7) is 1.70. The van der Waals surface area contributed by atoms with Crippen LogP contribution in [0.25, 0.3) is 0 Å². The van der Waals surface area contributed by atoms with Gasteiger partial charge in [0.2, 0.25) is 0 Å². The summed E-state index contributed by atoms with van der Waals surface area (Å²) in [4.78, 5) is 11.8. The maximum atomic E-state index is 13.4. The van der Waals surface area contributed by atoms with Gasteiger partial charge in [-0.25, -0.2) is 14.2 Å². The highest BCUT2D eigenvalue weighted by Crippen LogP contribution is 2.12. The van der Waals surface area contributed by atoms with Gasteiger partial charge >= 0.3 is 0 Å². The third kappa shape index (κ3) is 3.95. The van der Waals surface area contributed by atoms with Gasteiger partial charge in [0.05, 0.1) is 11.3 Å². The molecule has 3 nitrogen and oxygen atoms in total. The van der Waals surface area contributed by atoms with Crippen molar-refractivity contribution in [1.82, 2.24) is 5.43 Å². The van der Waals surface area contributed by atoms with Crippen molar-refractivity contribution < 1.29 is 13.6 Å². The van der Waals surface area contributed by atoms with Crippen LogP contribution >= 0.6 is 15.9 Å². The lowest BCUT2D eigenvalue weighted by Crippen LogP contribution is -2.20. The maximum Gasteiger partial charge on any atom is 0.274 e. The Morgan fingerprint density at radius 2 is 1.81 bits per heavy atom. The van der Waals surface area contributed by atoms with Gasteiger partial charge in [0.1, 0.15) is 11.6 Å². The molecule has 0 unspecified atom stereocenters. The van der Waals surface area contributed by atoms with Crippen LogP contribution in [0.2, 0.25) is 0 Å². The molecule has 6 heteroatoms. The molecular formula is C15H11BrF2N2O. The molecule has 0 atom stereocenters. The molecule has 0 aliphatic carbocycles. The van der Waals surface area contributed by atoms with Crippen LogP contribution in [0.1, 0.15) is 22.8 Å². The molecule has 0 spiro atoms. The fraction of sp³-hybridized carbons (Fsp3) is 0.0667. The number of hydrogen-bond acceptors (Lipinski definition) is 2. The quantitative estimate of drug-likeness (QED) is 0.660. The lowest BCUT2D eigenvalue weighted by Gasteiger charge is -2.04. The fourth-order valence-corrected chi connectivity index (χ4v) is 1.89. The zero-order valence-corrected chi connectivity index (χ0v) is 12.6. The molecule has 1 N–H and O–H groups in total. The average molecular weight is 353 g/mol. The van der Waals surface area contributed by atoms with Crippen LogP contribution in [0.5, 0.6) is 0 Å². The summed E-state index contributed by atoms with van der Waals surface area (Å²) in [5.74, 6) is -2.29. The van der Waals surface area contributed by atoms with Crippen molar-refractivity contribution in [2.75, 3.05) is 0 Å². The summed E-state index contributed by atoms with van der Waals surface area (Å²) in [5, 5.41) is 3.88. The van der Waals surface area contributed by atoms with Crippen LogP contribution in [0.15, 0.2) is 52.0 Å². The molecule has 0 fully saturated rings. The first-order chi connectivity index (χ1) is 9.97. The zero-order chi connectivity index (χ0) is 15.4. The van der Waals surface area contributed by atoms with E-state index in [0.29, 0.717) is 5.71 Å². The Hall–Kier alpha value is -2.08. The summed E-state index contributed by atoms with van der Waals surface area (Å²) in [5.41, 5.74) is 3.18. The summed E-state index contributed by atoms with van der Waals surface area (Å²) in [7, 11) is 0. The van der Waals surface area contributed by atoms with Crippen LogP contribution in [0.3, 0.4) is 0 Å². The average Bonchev–Trinajstić information content (AvgIpc) is 2.47. The van der Waals surface area contributed by atoms with E-state index in [4.69, 9.17) is 0 Å². The van der Waals surface area contributed by atoms with Gasteiger partial charge in [-0.05, 0) is 42.8 Å². The lowest BCUT2D eigenvalue weighted by molar-refractivity contribution is 0.0950. The molecule has 0 saturated carbocycles. The number of carbonyl (C=O) groups is 1. The second-order valence-electron chi connectivity index (χ2n) is 4.27. The molecule has 2 aromatic rings. The highest BCUT2D eigenvalue weighted by atomic mass is 79.9. The Bertz CT molecular complexity index is 699. The van der Waals surface area contributed by atoms with E-state index < -0.39 is 17.5 Å². The molecule has 0 bridgehead atoms. The smallest absolute Gasteiger partial charge is 0.267 e. The van der Waals surface area contributed by atoms with E-state index in [1.807, 2.05) is 24.3 Å². The van der Waals surface area contributed by atoms with E-state index in [2.05, 4.69) is 26.5 Å². The van der Waals surface area contributed by atoms with Gasteiger partial charge in [-0.3, -0.25) is 4.79 Å². The van der Waals surface area contributed by atoms with E-state index in [-0.39, 0.29) is 5.56 Å². The Balaban J connectivity index is 2.14. The van der Waals surface area contributed by atoms with E-state index in [1.165, 1.54) is 0 Å². The van der Waals surface area contributed by atoms with Crippen LogP contribution < -0.4 is 5.43 Å². The Morgan fingerprint density at radius 3 is 2.48 bits per heavy atom. The number of nitrogens with one attached hydrogen (secondary N) is 1. The van der Waals surface area contributed by atoms with E-state index in [1.54, 1.807) is 6.92 Å². The van der Waals surface area contributed by atoms with Gasteiger partial charge in [-0.1, -0.05) is 28.1 Å². The maximum absolute atomic E-state index is 13.4. The predicted molar refractivity (Wildman–Crippen MR) is 80.2 cm³/mol. The van der Waals surface area contributed by atoms with Gasteiger partial charge in [-0.2, -0.15) is 5.10 Å². The molecule has 0 aromatic heterocycles. The van der Waals surface area contributed by atoms with E-state index in [0.717, 1.165) is 28.2 Å². The molecule has 0 radical (unpaired) electrons. The highest BCUT2D eigenvalue weighted by Gasteiger charge is 2.12. The first-order valence-electron chi connectivity index (χ1n) is 6.03. The molecule has 108 valence electrons. The van der Waals surface area contributed by atoms with Crippen molar-refractivity contribution >= 4 is 27.5 Å². The largest absolute Gasteiger partial charge is 0.274 e. The number of amides is 1. The Labute approximate surface area is 128 Å². The number of halogens is 3. The first kappa shape index (κ1) is 15.3. The third-order valence-corrected chi connectivity index (χ3v) is 3.29. The number of hydrogen-bond donors (Lipinski definition) is 1. The summed E-state index contributed by atoms with van der Waals surface area (Å²) in [6, 6.07) is 9.98. The van der Waals surface area contributed by atoms with E-state index in [9.17, 15) is 13.6 Å². The minimum atomic E-state index is -0.802. The molecule has 1 amide bonds. The van der Waals surface area contributed by atoms with Crippen LogP contribution in [-0.4, -0.2) is 11.6 Å². The first-order valence-corrected chi connectivity index (χ1v) is 6.82. The lowest BCUT2D eigenvalue weighted by atomic mass is 10.1. The van der Waals surface area contributed by atoms with Gasteiger partial charge < -0.3 is 0 Å². The van der Waals surface area contributed by atoms with Gasteiger partial charge in [0, 0.05) is 4.47 Å². The van der Waals surface area contributed by atoms with Crippen molar-refractivity contribution in [3.63, 3.8) is 0 Å². The molecule has 2 aromatic carbocycles. The molecule has 0 heterocycles. The van der Waals surface area contributed by atoms with Crippen molar-refractivity contribution in [1.29, 1.82) is 0 Å². The van der Waals surface area contributed by atoms with Gasteiger partial charge in [0.15, 0.2) is 0 Å². The Kier molecular flexibility index (Phi) is 4.80. The van der Waals surface area contributed by atoms with Crippen molar-refractivity contribution in [3.05, 3.63) is 69.7 Å². The fourth-order valence-electron chi connectivity index (χ4n) is 1.62. The number of carbonyl (C=O) groups excluding carboxylic acids is 1. The molecule has 0 saturated heterocycles. The SMILES string of the molecule is CC(=NNC(=O)c1cc(F)ccc1F)c1ccc(Br)cc1. The number of rotatable bonds is 3. The summed E-state index contributed by atoms with van der Waals surface area (Å²) < 4.78 is 27.4. The van der Waals surface area contributed by atoms with Crippen LogP contribution in [0, 0.1) is 11.6 Å². The standard InChI is InChI=1S/C15H11BrF2N2O/c1-9(10-2-4-11(16)5-3-10)19-20-15(21)13-8-12(17)6-7-14(13)18/h2-8H,1H3,(H,20,21). The second kappa shape index (κ2) is 6.58. The zero-order valence-electron chi connectivity index (χ0n) is 11.0. The van der Waals surface area contributed by atoms with Gasteiger partial charge in [0.25, 0.3) is 5.91 Å². The Morgan fingerprint density at radius 1 is 1.14 bits per heavy atom. The molecule has 0 aliphatic rings. The number of nitrogens with zero attached hydrogens (tertiary/aromatic N) is 1. The van der Waals surface area contributed by atoms with Crippen molar-refractivity contribution in [2.24, 2.45) is 5.10 Å². The van der Waals surface area contributed by atoms with Gasteiger partial charge in [-0.15, -0.1) is 0 Å². The summed E-state index contributed by atoms with van der Waals surface area (Å²) in [6.07, 6.45) is 0. The second-order valence-corrected chi connectivity index (χ2v) is 5.18. The van der Waals surface area contributed by atoms with Crippen LogP contribution in [0.4, 0.5) is 8.78 Å². The monoisotopic (exact) mass is 352 g/mol. The molecular weight excluding hydrogens is 342 g/mol. The minimum Gasteiger partial charge on any atom is -0.267 e. The predicted octanol–water partition coefficient (Wildman–Crippen LogP) is 3.88. The minimum absolute atomic E-state index is 0.387. The van der Waals surface area contributed by atoms with Crippen molar-refractivity contribution in [2.45, 2.75) is 6.92 Å². The molecule has 0 aliphatic heterocycles. The number of hydrazone groups is 1. The normalized spacial score (nSPS) is 11.3. The van der Waals surface area contributed by atoms with Crippen LogP contribution in [-0.2, 0) is 0 Å². The highest BCUT2D eigenvalue weighted by molar-refractivity contribution is 9.10. The molecule has 2 rings (SSSR count). The van der Waals surface area contributed by atoms with E-state index >= 15 is 0 Å². The third-order valence-electron chi connectivity index (χ3n) is 2.76.